The molecule has 0 aromatic heterocycles. The Hall–Kier alpha value is -0.120. The van der Waals surface area contributed by atoms with Crippen LogP contribution in [0.15, 0.2) is 0 Å². The van der Waals surface area contributed by atoms with Crippen molar-refractivity contribution < 1.29 is 4.74 Å². The number of rotatable bonds is 4. The first-order valence-corrected chi connectivity index (χ1v) is 7.56. The lowest BCUT2D eigenvalue weighted by Gasteiger charge is -2.42. The van der Waals surface area contributed by atoms with Gasteiger partial charge in [-0.1, -0.05) is 19.8 Å². The van der Waals surface area contributed by atoms with Crippen molar-refractivity contribution in [1.29, 1.82) is 0 Å². The van der Waals surface area contributed by atoms with Gasteiger partial charge < -0.3 is 15.8 Å². The van der Waals surface area contributed by atoms with Crippen molar-refractivity contribution in [1.82, 2.24) is 5.32 Å². The van der Waals surface area contributed by atoms with E-state index in [4.69, 9.17) is 10.5 Å². The third-order valence-electron chi connectivity index (χ3n) is 5.52. The van der Waals surface area contributed by atoms with Crippen LogP contribution in [0.4, 0.5) is 0 Å². The maximum absolute atomic E-state index is 6.07. The number of hydrogen-bond donors (Lipinski definition) is 2. The number of nitrogens with two attached hydrogens (primary N) is 1. The summed E-state index contributed by atoms with van der Waals surface area (Å²) in [6.07, 6.45) is 6.66. The highest BCUT2D eigenvalue weighted by atomic mass is 16.5. The lowest BCUT2D eigenvalue weighted by molar-refractivity contribution is 0.0762. The molecule has 3 nitrogen and oxygen atoms in total. The Bertz CT molecular complexity index is 274. The Kier molecular flexibility index (Phi) is 4.35. The molecule has 1 heterocycles. The molecule has 2 fully saturated rings. The van der Waals surface area contributed by atoms with Crippen LogP contribution < -0.4 is 11.1 Å². The fourth-order valence-corrected chi connectivity index (χ4v) is 3.28. The van der Waals surface area contributed by atoms with Crippen LogP contribution in [0.5, 0.6) is 0 Å². The van der Waals surface area contributed by atoms with Gasteiger partial charge in [0.1, 0.15) is 0 Å². The summed E-state index contributed by atoms with van der Waals surface area (Å²) in [5, 5.41) is 3.78. The van der Waals surface area contributed by atoms with Crippen molar-refractivity contribution in [2.75, 3.05) is 19.7 Å². The van der Waals surface area contributed by atoms with Crippen molar-refractivity contribution in [3.63, 3.8) is 0 Å². The summed E-state index contributed by atoms with van der Waals surface area (Å²) >= 11 is 0. The molecule has 2 unspecified atom stereocenters. The van der Waals surface area contributed by atoms with Gasteiger partial charge in [-0.15, -0.1) is 0 Å². The van der Waals surface area contributed by atoms with E-state index in [-0.39, 0.29) is 5.54 Å². The molecule has 3 N–H and O–H groups in total. The van der Waals surface area contributed by atoms with E-state index < -0.39 is 0 Å². The number of hydrogen-bond acceptors (Lipinski definition) is 3. The molecule has 0 spiro atoms. The first-order chi connectivity index (χ1) is 8.50. The van der Waals surface area contributed by atoms with Gasteiger partial charge in [0.05, 0.1) is 6.10 Å². The second-order valence-electron chi connectivity index (χ2n) is 6.92. The Morgan fingerprint density at radius 2 is 1.89 bits per heavy atom. The van der Waals surface area contributed by atoms with Crippen LogP contribution in [0.2, 0.25) is 0 Å². The Labute approximate surface area is 112 Å². The predicted molar refractivity (Wildman–Crippen MR) is 75.6 cm³/mol. The molecule has 0 bridgehead atoms. The highest BCUT2D eigenvalue weighted by molar-refractivity contribution is 4.97. The number of ether oxygens (including phenoxy) is 1. The minimum atomic E-state index is 0.144. The van der Waals surface area contributed by atoms with Crippen LogP contribution in [0.3, 0.4) is 0 Å². The van der Waals surface area contributed by atoms with Gasteiger partial charge in [0, 0.05) is 18.7 Å². The molecule has 2 aliphatic rings. The zero-order chi connectivity index (χ0) is 13.2. The van der Waals surface area contributed by atoms with Crippen molar-refractivity contribution in [3.05, 3.63) is 0 Å². The molecule has 0 amide bonds. The average molecular weight is 254 g/mol. The van der Waals surface area contributed by atoms with Crippen LogP contribution in [-0.4, -0.2) is 31.3 Å². The fraction of sp³-hybridized carbons (Fsp3) is 1.00. The van der Waals surface area contributed by atoms with Gasteiger partial charge in [0.15, 0.2) is 0 Å². The number of nitrogens with one attached hydrogen (secondary N) is 1. The van der Waals surface area contributed by atoms with Gasteiger partial charge >= 0.3 is 0 Å². The summed E-state index contributed by atoms with van der Waals surface area (Å²) in [5.74, 6) is 0.883. The Morgan fingerprint density at radius 1 is 1.22 bits per heavy atom. The molecule has 1 saturated carbocycles. The summed E-state index contributed by atoms with van der Waals surface area (Å²) in [7, 11) is 0. The third kappa shape index (κ3) is 2.89. The van der Waals surface area contributed by atoms with Crippen LogP contribution >= 0.6 is 0 Å². The highest BCUT2D eigenvalue weighted by Crippen LogP contribution is 2.38. The van der Waals surface area contributed by atoms with Crippen molar-refractivity contribution in [2.24, 2.45) is 17.1 Å². The summed E-state index contributed by atoms with van der Waals surface area (Å²) in [5.41, 5.74) is 6.55. The molecule has 18 heavy (non-hydrogen) atoms. The molecule has 1 aliphatic carbocycles. The molecule has 1 saturated heterocycles. The van der Waals surface area contributed by atoms with Crippen LogP contribution in [-0.2, 0) is 4.74 Å². The van der Waals surface area contributed by atoms with Crippen LogP contribution in [0.25, 0.3) is 0 Å². The second-order valence-corrected chi connectivity index (χ2v) is 6.92. The minimum absolute atomic E-state index is 0.144. The monoisotopic (exact) mass is 254 g/mol. The molecule has 0 aromatic rings. The first kappa shape index (κ1) is 14.3. The third-order valence-corrected chi connectivity index (χ3v) is 5.52. The lowest BCUT2D eigenvalue weighted by Crippen LogP contribution is -2.54. The quantitative estimate of drug-likeness (QED) is 0.809. The van der Waals surface area contributed by atoms with Gasteiger partial charge in [-0.2, -0.15) is 0 Å². The van der Waals surface area contributed by atoms with Crippen molar-refractivity contribution >= 4 is 0 Å². The van der Waals surface area contributed by atoms with E-state index in [1.807, 2.05) is 0 Å². The van der Waals surface area contributed by atoms with E-state index in [9.17, 15) is 0 Å². The zero-order valence-electron chi connectivity index (χ0n) is 12.3. The van der Waals surface area contributed by atoms with E-state index in [0.717, 1.165) is 32.0 Å². The maximum atomic E-state index is 6.07. The summed E-state index contributed by atoms with van der Waals surface area (Å²) in [6, 6.07) is 0. The van der Waals surface area contributed by atoms with Crippen molar-refractivity contribution in [2.45, 2.75) is 64.5 Å². The summed E-state index contributed by atoms with van der Waals surface area (Å²) in [4.78, 5) is 0. The molecule has 0 aromatic carbocycles. The summed E-state index contributed by atoms with van der Waals surface area (Å²) < 4.78 is 5.70. The summed E-state index contributed by atoms with van der Waals surface area (Å²) in [6.45, 7) is 9.59. The normalized spacial score (nSPS) is 45.3. The van der Waals surface area contributed by atoms with E-state index in [1.54, 1.807) is 0 Å². The SMILES string of the molecule is CC1CCC(CN)(CNC2(C)CCOC2C)CC1. The standard InChI is InChI=1S/C15H30N2O/c1-12-4-6-15(10-16,7-5-12)11-17-14(3)8-9-18-13(14)2/h12-13,17H,4-11,16H2,1-3H3. The maximum Gasteiger partial charge on any atom is 0.0726 e. The van der Waals surface area contributed by atoms with Gasteiger partial charge in [-0.3, -0.25) is 0 Å². The molecule has 3 heteroatoms. The van der Waals surface area contributed by atoms with Gasteiger partial charge in [-0.25, -0.2) is 0 Å². The topological polar surface area (TPSA) is 47.3 Å². The molecular weight excluding hydrogens is 224 g/mol. The van der Waals surface area contributed by atoms with E-state index in [1.165, 1.54) is 25.7 Å². The van der Waals surface area contributed by atoms with E-state index >= 15 is 0 Å². The lowest BCUT2D eigenvalue weighted by atomic mass is 9.70. The second kappa shape index (κ2) is 5.48. The molecule has 2 atom stereocenters. The molecule has 106 valence electrons. The highest BCUT2D eigenvalue weighted by Gasteiger charge is 2.40. The molecular formula is C15H30N2O. The molecule has 2 rings (SSSR count). The van der Waals surface area contributed by atoms with E-state index in [2.05, 4.69) is 26.1 Å². The van der Waals surface area contributed by atoms with Gasteiger partial charge in [0.2, 0.25) is 0 Å². The largest absolute Gasteiger partial charge is 0.377 e. The smallest absolute Gasteiger partial charge is 0.0726 e. The molecule has 1 aliphatic heterocycles. The Morgan fingerprint density at radius 3 is 2.39 bits per heavy atom. The van der Waals surface area contributed by atoms with Crippen LogP contribution in [0, 0.1) is 11.3 Å². The first-order valence-electron chi connectivity index (χ1n) is 7.56. The predicted octanol–water partition coefficient (Wildman–Crippen LogP) is 2.30. The average Bonchev–Trinajstić information content (AvgIpc) is 2.70. The van der Waals surface area contributed by atoms with Gasteiger partial charge in [-0.05, 0) is 51.0 Å². The zero-order valence-corrected chi connectivity index (χ0v) is 12.3. The molecule has 0 radical (unpaired) electrons. The van der Waals surface area contributed by atoms with E-state index in [0.29, 0.717) is 11.5 Å². The Balaban J connectivity index is 1.91. The van der Waals surface area contributed by atoms with Gasteiger partial charge in [0.25, 0.3) is 0 Å². The van der Waals surface area contributed by atoms with Crippen molar-refractivity contribution in [3.8, 4) is 0 Å². The fourth-order valence-electron chi connectivity index (χ4n) is 3.28. The van der Waals surface area contributed by atoms with Crippen LogP contribution in [0.1, 0.15) is 52.9 Å². The minimum Gasteiger partial charge on any atom is -0.377 e.